The maximum absolute atomic E-state index is 12.5. The van der Waals surface area contributed by atoms with Gasteiger partial charge in [-0.3, -0.25) is 14.3 Å². The molecule has 8 heteroatoms. The Morgan fingerprint density at radius 1 is 1.08 bits per heavy atom. The molecular weight excluding hydrogens is 332 g/mol. The highest BCUT2D eigenvalue weighted by atomic mass is 16.2. The molecule has 0 aliphatic rings. The van der Waals surface area contributed by atoms with E-state index in [0.29, 0.717) is 18.5 Å². The maximum Gasteiger partial charge on any atom is 0.275 e. The van der Waals surface area contributed by atoms with Crippen LogP contribution in [0.25, 0.3) is 10.8 Å². The summed E-state index contributed by atoms with van der Waals surface area (Å²) in [5.41, 5.74) is 0.472. The van der Waals surface area contributed by atoms with Crippen LogP contribution in [-0.2, 0) is 17.9 Å². The third-order valence-electron chi connectivity index (χ3n) is 4.18. The van der Waals surface area contributed by atoms with Gasteiger partial charge in [0.25, 0.3) is 5.56 Å². The molecule has 3 aromatic rings. The minimum atomic E-state index is -0.255. The maximum atomic E-state index is 12.5. The fourth-order valence-electron chi connectivity index (χ4n) is 2.93. The quantitative estimate of drug-likeness (QED) is 0.670. The van der Waals surface area contributed by atoms with Gasteiger partial charge in [0, 0.05) is 18.5 Å². The number of fused-ring (bicyclic) bond motifs is 1. The summed E-state index contributed by atoms with van der Waals surface area (Å²) >= 11 is 0. The summed E-state index contributed by atoms with van der Waals surface area (Å²) in [5, 5.41) is 12.7. The van der Waals surface area contributed by atoms with Crippen molar-refractivity contribution in [3.8, 4) is 0 Å². The predicted octanol–water partition coefficient (Wildman–Crippen LogP) is 1.12. The van der Waals surface area contributed by atoms with Gasteiger partial charge in [-0.15, -0.1) is 0 Å². The fourth-order valence-corrected chi connectivity index (χ4v) is 2.93. The molecule has 0 radical (unpaired) electrons. The van der Waals surface area contributed by atoms with E-state index in [9.17, 15) is 9.59 Å². The minimum Gasteiger partial charge on any atom is -0.354 e. The van der Waals surface area contributed by atoms with Crippen LogP contribution < -0.4 is 10.9 Å². The first-order chi connectivity index (χ1) is 12.5. The highest BCUT2D eigenvalue weighted by molar-refractivity contribution is 5.83. The Balaban J connectivity index is 1.58. The standard InChI is InChI=1S/C18H22N6O2/c1-12-15-7-4-5-8-16(15)18(26)24(21-12)11-17(25)19-9-6-10-23-14(3)20-13(2)22-23/h4-5,7-8H,6,9-11H2,1-3H3,(H,19,25). The van der Waals surface area contributed by atoms with Crippen molar-refractivity contribution in [2.45, 2.75) is 40.3 Å². The van der Waals surface area contributed by atoms with E-state index in [1.54, 1.807) is 12.1 Å². The molecule has 2 aromatic heterocycles. The summed E-state index contributed by atoms with van der Waals surface area (Å²) in [4.78, 5) is 28.9. The van der Waals surface area contributed by atoms with Crippen molar-refractivity contribution in [2.24, 2.45) is 0 Å². The van der Waals surface area contributed by atoms with Gasteiger partial charge in [0.05, 0.1) is 11.1 Å². The summed E-state index contributed by atoms with van der Waals surface area (Å²) in [7, 11) is 0. The van der Waals surface area contributed by atoms with Crippen LogP contribution in [0, 0.1) is 20.8 Å². The molecule has 1 aromatic carbocycles. The summed E-state index contributed by atoms with van der Waals surface area (Å²) < 4.78 is 3.04. The number of benzene rings is 1. The van der Waals surface area contributed by atoms with Gasteiger partial charge in [0.2, 0.25) is 5.91 Å². The smallest absolute Gasteiger partial charge is 0.275 e. The minimum absolute atomic E-state index is 0.0913. The molecule has 8 nitrogen and oxygen atoms in total. The lowest BCUT2D eigenvalue weighted by molar-refractivity contribution is -0.121. The van der Waals surface area contributed by atoms with Crippen LogP contribution in [-0.4, -0.2) is 37.0 Å². The number of aryl methyl sites for hydroxylation is 4. The SMILES string of the molecule is Cc1nc(C)n(CCCNC(=O)Cn2nc(C)c3ccccc3c2=O)n1. The second-order valence-corrected chi connectivity index (χ2v) is 6.23. The fraction of sp³-hybridized carbons (Fsp3) is 0.389. The van der Waals surface area contributed by atoms with Crippen molar-refractivity contribution >= 4 is 16.7 Å². The average molecular weight is 354 g/mol. The van der Waals surface area contributed by atoms with Gasteiger partial charge in [0.15, 0.2) is 0 Å². The number of hydrogen-bond acceptors (Lipinski definition) is 5. The Bertz CT molecular complexity index is 1000. The Morgan fingerprint density at radius 3 is 2.50 bits per heavy atom. The zero-order valence-electron chi connectivity index (χ0n) is 15.2. The van der Waals surface area contributed by atoms with Gasteiger partial charge in [-0.1, -0.05) is 18.2 Å². The van der Waals surface area contributed by atoms with Crippen LogP contribution in [0.3, 0.4) is 0 Å². The Kier molecular flexibility index (Phi) is 5.11. The third kappa shape index (κ3) is 3.79. The average Bonchev–Trinajstić information content (AvgIpc) is 2.94. The molecule has 0 unspecified atom stereocenters. The van der Waals surface area contributed by atoms with E-state index in [0.717, 1.165) is 29.1 Å². The van der Waals surface area contributed by atoms with Crippen LogP contribution in [0.2, 0.25) is 0 Å². The van der Waals surface area contributed by atoms with Gasteiger partial charge in [0.1, 0.15) is 18.2 Å². The lowest BCUT2D eigenvalue weighted by Gasteiger charge is -2.09. The lowest BCUT2D eigenvalue weighted by atomic mass is 10.1. The molecule has 26 heavy (non-hydrogen) atoms. The zero-order chi connectivity index (χ0) is 18.7. The largest absolute Gasteiger partial charge is 0.354 e. The van der Waals surface area contributed by atoms with Gasteiger partial charge >= 0.3 is 0 Å². The number of rotatable bonds is 6. The number of carbonyl (C=O) groups excluding carboxylic acids is 1. The number of hydrogen-bond donors (Lipinski definition) is 1. The third-order valence-corrected chi connectivity index (χ3v) is 4.18. The van der Waals surface area contributed by atoms with Crippen molar-refractivity contribution in [3.05, 3.63) is 52.0 Å². The van der Waals surface area contributed by atoms with E-state index in [2.05, 4.69) is 20.5 Å². The molecule has 0 atom stereocenters. The normalized spacial score (nSPS) is 11.0. The number of carbonyl (C=O) groups is 1. The van der Waals surface area contributed by atoms with Crippen molar-refractivity contribution in [1.82, 2.24) is 29.9 Å². The van der Waals surface area contributed by atoms with Crippen molar-refractivity contribution in [1.29, 1.82) is 0 Å². The molecule has 2 heterocycles. The first kappa shape index (κ1) is 17.8. The van der Waals surface area contributed by atoms with E-state index < -0.39 is 0 Å². The first-order valence-electron chi connectivity index (χ1n) is 8.57. The molecule has 3 rings (SSSR count). The van der Waals surface area contributed by atoms with Crippen molar-refractivity contribution in [3.63, 3.8) is 0 Å². The molecule has 0 aliphatic heterocycles. The summed E-state index contributed by atoms with van der Waals surface area (Å²) in [6.45, 7) is 6.67. The number of nitrogens with zero attached hydrogens (tertiary/aromatic N) is 5. The Labute approximate surface area is 150 Å². The molecule has 0 spiro atoms. The lowest BCUT2D eigenvalue weighted by Crippen LogP contribution is -2.34. The van der Waals surface area contributed by atoms with Gasteiger partial charge in [-0.05, 0) is 33.3 Å². The van der Waals surface area contributed by atoms with Crippen LogP contribution >= 0.6 is 0 Å². The Hall–Kier alpha value is -3.03. The van der Waals surface area contributed by atoms with Crippen LogP contribution in [0.4, 0.5) is 0 Å². The monoisotopic (exact) mass is 354 g/mol. The van der Waals surface area contributed by atoms with E-state index in [4.69, 9.17) is 0 Å². The van der Waals surface area contributed by atoms with Crippen LogP contribution in [0.1, 0.15) is 23.8 Å². The molecule has 0 saturated carbocycles. The summed E-state index contributed by atoms with van der Waals surface area (Å²) in [5.74, 6) is 1.36. The highest BCUT2D eigenvalue weighted by Gasteiger charge is 2.10. The summed E-state index contributed by atoms with van der Waals surface area (Å²) in [6, 6.07) is 7.29. The predicted molar refractivity (Wildman–Crippen MR) is 97.9 cm³/mol. The zero-order valence-corrected chi connectivity index (χ0v) is 15.2. The van der Waals surface area contributed by atoms with E-state index >= 15 is 0 Å². The molecule has 1 amide bonds. The second-order valence-electron chi connectivity index (χ2n) is 6.23. The molecular formula is C18H22N6O2. The molecule has 0 fully saturated rings. The van der Waals surface area contributed by atoms with Gasteiger partial charge in [-0.25, -0.2) is 9.67 Å². The molecule has 0 aliphatic carbocycles. The van der Waals surface area contributed by atoms with Crippen LogP contribution in [0.5, 0.6) is 0 Å². The summed E-state index contributed by atoms with van der Waals surface area (Å²) in [6.07, 6.45) is 0.731. The van der Waals surface area contributed by atoms with Crippen LogP contribution in [0.15, 0.2) is 29.1 Å². The van der Waals surface area contributed by atoms with Crippen molar-refractivity contribution in [2.75, 3.05) is 6.54 Å². The molecule has 136 valence electrons. The molecule has 0 bridgehead atoms. The topological polar surface area (TPSA) is 94.7 Å². The highest BCUT2D eigenvalue weighted by Crippen LogP contribution is 2.11. The second kappa shape index (κ2) is 7.47. The van der Waals surface area contributed by atoms with E-state index in [-0.39, 0.29) is 18.0 Å². The van der Waals surface area contributed by atoms with Gasteiger partial charge < -0.3 is 5.32 Å². The number of nitrogens with one attached hydrogen (secondary N) is 1. The molecule has 0 saturated heterocycles. The van der Waals surface area contributed by atoms with Crippen molar-refractivity contribution < 1.29 is 4.79 Å². The molecule has 1 N–H and O–H groups in total. The van der Waals surface area contributed by atoms with Gasteiger partial charge in [-0.2, -0.15) is 10.2 Å². The van der Waals surface area contributed by atoms with E-state index in [1.807, 2.05) is 37.6 Å². The van der Waals surface area contributed by atoms with E-state index in [1.165, 1.54) is 4.68 Å². The number of aromatic nitrogens is 5. The Morgan fingerprint density at radius 2 is 1.81 bits per heavy atom. The number of amides is 1. The first-order valence-corrected chi connectivity index (χ1v) is 8.57.